The van der Waals surface area contributed by atoms with Gasteiger partial charge in [0.1, 0.15) is 0 Å². The number of rotatable bonds is 3. The van der Waals surface area contributed by atoms with Gasteiger partial charge < -0.3 is 10.2 Å². The van der Waals surface area contributed by atoms with Gasteiger partial charge in [0.05, 0.1) is 12.2 Å². The Balaban J connectivity index is 0.00000121. The van der Waals surface area contributed by atoms with E-state index in [1.807, 2.05) is 15.8 Å². The van der Waals surface area contributed by atoms with Crippen LogP contribution in [0.2, 0.25) is 0 Å². The lowest BCUT2D eigenvalue weighted by molar-refractivity contribution is 0.0765. The molecule has 1 aromatic rings. The van der Waals surface area contributed by atoms with E-state index in [0.717, 1.165) is 45.4 Å². The largest absolute Gasteiger partial charge is 0.336 e. The van der Waals surface area contributed by atoms with Crippen LogP contribution in [0.1, 0.15) is 55.1 Å². The summed E-state index contributed by atoms with van der Waals surface area (Å²) in [7, 11) is 0. The zero-order valence-electron chi connectivity index (χ0n) is 15.2. The molecule has 0 aromatic carbocycles. The van der Waals surface area contributed by atoms with Crippen LogP contribution < -0.4 is 5.32 Å². The maximum atomic E-state index is 12.8. The van der Waals surface area contributed by atoms with Crippen molar-refractivity contribution in [3.8, 4) is 0 Å². The van der Waals surface area contributed by atoms with E-state index in [4.69, 9.17) is 0 Å². The molecule has 0 radical (unpaired) electrons. The summed E-state index contributed by atoms with van der Waals surface area (Å²) >= 11 is 0. The van der Waals surface area contributed by atoms with Crippen LogP contribution in [0.4, 0.5) is 0 Å². The SMILES string of the molecule is Cl.Cl.O=C(c1cn(C2CCNCC2)nn1)N1CCC(N2CCCCC2)C1. The van der Waals surface area contributed by atoms with Crippen molar-refractivity contribution in [3.63, 3.8) is 0 Å². The van der Waals surface area contributed by atoms with Gasteiger partial charge in [0, 0.05) is 19.1 Å². The molecule has 1 amide bonds. The Labute approximate surface area is 167 Å². The highest BCUT2D eigenvalue weighted by atomic mass is 35.5. The molecule has 3 saturated heterocycles. The molecule has 3 aliphatic rings. The molecule has 0 saturated carbocycles. The highest BCUT2D eigenvalue weighted by molar-refractivity contribution is 5.92. The smallest absolute Gasteiger partial charge is 0.276 e. The van der Waals surface area contributed by atoms with Gasteiger partial charge in [0.25, 0.3) is 5.91 Å². The molecule has 4 heterocycles. The standard InChI is InChI=1S/C17H28N6O.2ClH/c24-17(16-13-23(20-19-16)14-4-7-18-8-5-14)22-11-6-15(12-22)21-9-2-1-3-10-21;;/h13-15,18H,1-12H2;2*1H. The molecule has 148 valence electrons. The lowest BCUT2D eigenvalue weighted by atomic mass is 10.1. The van der Waals surface area contributed by atoms with E-state index >= 15 is 0 Å². The highest BCUT2D eigenvalue weighted by Crippen LogP contribution is 2.22. The number of hydrogen-bond acceptors (Lipinski definition) is 5. The predicted octanol–water partition coefficient (Wildman–Crippen LogP) is 1.75. The van der Waals surface area contributed by atoms with Crippen LogP contribution in [-0.2, 0) is 0 Å². The maximum absolute atomic E-state index is 12.8. The lowest BCUT2D eigenvalue weighted by Crippen LogP contribution is -2.41. The summed E-state index contributed by atoms with van der Waals surface area (Å²) in [6.45, 7) is 6.10. The van der Waals surface area contributed by atoms with Gasteiger partial charge in [0.2, 0.25) is 0 Å². The third-order valence-electron chi connectivity index (χ3n) is 5.77. The molecule has 7 nitrogen and oxygen atoms in total. The van der Waals surface area contributed by atoms with Crippen molar-refractivity contribution in [3.05, 3.63) is 11.9 Å². The Morgan fingerprint density at radius 3 is 2.46 bits per heavy atom. The Bertz CT molecular complexity index is 571. The second kappa shape index (κ2) is 9.88. The summed E-state index contributed by atoms with van der Waals surface area (Å²) in [5.41, 5.74) is 0.507. The van der Waals surface area contributed by atoms with E-state index in [1.165, 1.54) is 32.4 Å². The summed E-state index contributed by atoms with van der Waals surface area (Å²) in [4.78, 5) is 17.3. The monoisotopic (exact) mass is 404 g/mol. The lowest BCUT2D eigenvalue weighted by Gasteiger charge is -2.32. The van der Waals surface area contributed by atoms with Crippen molar-refractivity contribution in [1.29, 1.82) is 0 Å². The molecule has 0 aliphatic carbocycles. The van der Waals surface area contributed by atoms with Crippen molar-refractivity contribution in [2.24, 2.45) is 0 Å². The molecule has 1 atom stereocenters. The van der Waals surface area contributed by atoms with E-state index in [2.05, 4.69) is 20.5 Å². The van der Waals surface area contributed by atoms with E-state index in [-0.39, 0.29) is 30.7 Å². The first-order valence-electron chi connectivity index (χ1n) is 9.47. The van der Waals surface area contributed by atoms with Gasteiger partial charge in [-0.25, -0.2) is 4.68 Å². The van der Waals surface area contributed by atoms with Crippen molar-refractivity contribution in [1.82, 2.24) is 30.1 Å². The third kappa shape index (κ3) is 4.68. The zero-order valence-corrected chi connectivity index (χ0v) is 16.8. The molecule has 0 spiro atoms. The zero-order chi connectivity index (χ0) is 16.4. The minimum Gasteiger partial charge on any atom is -0.336 e. The van der Waals surface area contributed by atoms with Crippen LogP contribution >= 0.6 is 24.8 Å². The second-order valence-electron chi connectivity index (χ2n) is 7.36. The molecular weight excluding hydrogens is 375 g/mol. The number of hydrogen-bond donors (Lipinski definition) is 1. The molecule has 9 heteroatoms. The Kier molecular flexibility index (Phi) is 8.13. The first-order valence-corrected chi connectivity index (χ1v) is 9.47. The van der Waals surface area contributed by atoms with Crippen molar-refractivity contribution >= 4 is 30.7 Å². The average Bonchev–Trinajstić information content (AvgIpc) is 3.33. The molecule has 1 N–H and O–H groups in total. The summed E-state index contributed by atoms with van der Waals surface area (Å²) < 4.78 is 1.90. The summed E-state index contributed by atoms with van der Waals surface area (Å²) in [6, 6.07) is 0.911. The summed E-state index contributed by atoms with van der Waals surface area (Å²) in [5, 5.41) is 11.7. The number of carbonyl (C=O) groups is 1. The maximum Gasteiger partial charge on any atom is 0.276 e. The van der Waals surface area contributed by atoms with Gasteiger partial charge in [-0.05, 0) is 58.3 Å². The second-order valence-corrected chi connectivity index (χ2v) is 7.36. The van der Waals surface area contributed by atoms with Crippen LogP contribution in [0.25, 0.3) is 0 Å². The Morgan fingerprint density at radius 2 is 1.73 bits per heavy atom. The van der Waals surface area contributed by atoms with E-state index in [9.17, 15) is 4.79 Å². The van der Waals surface area contributed by atoms with Crippen LogP contribution in [-0.4, -0.2) is 76.0 Å². The number of likely N-dealkylation sites (tertiary alicyclic amines) is 2. The number of halogens is 2. The van der Waals surface area contributed by atoms with Crippen LogP contribution in [0.15, 0.2) is 6.20 Å². The number of nitrogens with one attached hydrogen (secondary N) is 1. The van der Waals surface area contributed by atoms with Crippen molar-refractivity contribution < 1.29 is 4.79 Å². The van der Waals surface area contributed by atoms with E-state index in [1.54, 1.807) is 0 Å². The highest BCUT2D eigenvalue weighted by Gasteiger charge is 2.32. The molecular formula is C17H30Cl2N6O. The fourth-order valence-corrected chi connectivity index (χ4v) is 4.29. The van der Waals surface area contributed by atoms with Gasteiger partial charge in [0.15, 0.2) is 5.69 Å². The molecule has 26 heavy (non-hydrogen) atoms. The Hall–Kier alpha value is -0.890. The van der Waals surface area contributed by atoms with Gasteiger partial charge in [-0.1, -0.05) is 11.6 Å². The first-order chi connectivity index (χ1) is 11.8. The van der Waals surface area contributed by atoms with Crippen molar-refractivity contribution in [2.75, 3.05) is 39.3 Å². The third-order valence-corrected chi connectivity index (χ3v) is 5.77. The number of amides is 1. The van der Waals surface area contributed by atoms with Gasteiger partial charge in [-0.15, -0.1) is 29.9 Å². The molecule has 3 aliphatic heterocycles. The Morgan fingerprint density at radius 1 is 1.00 bits per heavy atom. The quantitative estimate of drug-likeness (QED) is 0.830. The average molecular weight is 405 g/mol. The van der Waals surface area contributed by atoms with E-state index in [0.29, 0.717) is 17.8 Å². The molecule has 3 fully saturated rings. The summed E-state index contributed by atoms with van der Waals surface area (Å²) in [5.74, 6) is 0.0506. The minimum absolute atomic E-state index is 0. The first kappa shape index (κ1) is 21.4. The molecule has 0 bridgehead atoms. The van der Waals surface area contributed by atoms with Gasteiger partial charge in [-0.2, -0.15) is 0 Å². The van der Waals surface area contributed by atoms with Crippen LogP contribution in [0, 0.1) is 0 Å². The fraction of sp³-hybridized carbons (Fsp3) is 0.824. The fourth-order valence-electron chi connectivity index (χ4n) is 4.29. The number of carbonyl (C=O) groups excluding carboxylic acids is 1. The molecule has 1 unspecified atom stereocenters. The predicted molar refractivity (Wildman–Crippen MR) is 105 cm³/mol. The number of nitrogens with zero attached hydrogens (tertiary/aromatic N) is 5. The van der Waals surface area contributed by atoms with Crippen LogP contribution in [0.3, 0.4) is 0 Å². The van der Waals surface area contributed by atoms with Crippen LogP contribution in [0.5, 0.6) is 0 Å². The van der Waals surface area contributed by atoms with Crippen molar-refractivity contribution in [2.45, 2.75) is 50.6 Å². The molecule has 1 aromatic heterocycles. The van der Waals surface area contributed by atoms with Gasteiger partial charge in [-0.3, -0.25) is 9.69 Å². The number of aromatic nitrogens is 3. The number of piperidine rings is 2. The molecule has 4 rings (SSSR count). The summed E-state index contributed by atoms with van der Waals surface area (Å²) in [6.07, 6.45) is 9.01. The van der Waals surface area contributed by atoms with E-state index < -0.39 is 0 Å². The minimum atomic E-state index is 0. The normalized spacial score (nSPS) is 24.8. The topological polar surface area (TPSA) is 66.3 Å². The van der Waals surface area contributed by atoms with Gasteiger partial charge >= 0.3 is 0 Å².